The second-order valence-corrected chi connectivity index (χ2v) is 4.51. The van der Waals surface area contributed by atoms with Gasteiger partial charge in [-0.25, -0.2) is 8.78 Å². The second kappa shape index (κ2) is 5.46. The molecule has 0 fully saturated rings. The number of halogens is 2. The fourth-order valence-electron chi connectivity index (χ4n) is 2.08. The molecule has 2 rings (SSSR count). The van der Waals surface area contributed by atoms with Crippen molar-refractivity contribution >= 4 is 0 Å². The Bertz CT molecular complexity index is 560. The van der Waals surface area contributed by atoms with Crippen LogP contribution in [0, 0.1) is 18.6 Å². The Morgan fingerprint density at radius 1 is 1.32 bits per heavy atom. The van der Waals surface area contributed by atoms with Crippen LogP contribution in [0.2, 0.25) is 0 Å². The normalized spacial score (nSPS) is 12.7. The summed E-state index contributed by atoms with van der Waals surface area (Å²) in [6, 6.07) is 3.22. The zero-order valence-corrected chi connectivity index (χ0v) is 10.8. The summed E-state index contributed by atoms with van der Waals surface area (Å²) >= 11 is 0. The molecule has 0 spiro atoms. The zero-order chi connectivity index (χ0) is 14.0. The van der Waals surface area contributed by atoms with E-state index in [1.807, 2.05) is 14.0 Å². The molecule has 0 aliphatic carbocycles. The molecule has 1 heterocycles. The second-order valence-electron chi connectivity index (χ2n) is 4.51. The van der Waals surface area contributed by atoms with Gasteiger partial charge in [-0.05, 0) is 31.0 Å². The van der Waals surface area contributed by atoms with Gasteiger partial charge in [-0.15, -0.1) is 0 Å². The molecular weight excluding hydrogens is 250 g/mol. The van der Waals surface area contributed by atoms with Crippen molar-refractivity contribution in [2.24, 2.45) is 12.9 Å². The minimum absolute atomic E-state index is 0.241. The number of hydrogen-bond acceptors (Lipinski definition) is 3. The van der Waals surface area contributed by atoms with Crippen LogP contribution in [0.3, 0.4) is 0 Å². The van der Waals surface area contributed by atoms with E-state index >= 15 is 0 Å². The third kappa shape index (κ3) is 2.97. The Morgan fingerprint density at radius 3 is 2.42 bits per heavy atom. The Morgan fingerprint density at radius 2 is 1.95 bits per heavy atom. The first kappa shape index (κ1) is 13.6. The van der Waals surface area contributed by atoms with Gasteiger partial charge in [0.25, 0.3) is 0 Å². The molecule has 4 nitrogen and oxygen atoms in total. The van der Waals surface area contributed by atoms with E-state index in [0.717, 1.165) is 17.3 Å². The SMILES string of the molecule is Cc1c(C(Cc2cc(F)cc(F)c2)NN)cnn1C. The molecule has 0 aliphatic heterocycles. The summed E-state index contributed by atoms with van der Waals surface area (Å²) in [5.74, 6) is 4.35. The Kier molecular flexibility index (Phi) is 3.92. The number of rotatable bonds is 4. The molecule has 2 aromatic rings. The lowest BCUT2D eigenvalue weighted by molar-refractivity contribution is 0.537. The van der Waals surface area contributed by atoms with Crippen LogP contribution in [0.15, 0.2) is 24.4 Å². The number of aromatic nitrogens is 2. The third-order valence-electron chi connectivity index (χ3n) is 3.21. The standard InChI is InChI=1S/C13H16F2N4/c1-8-12(7-17-19(8)2)13(18-16)5-9-3-10(14)6-11(15)4-9/h3-4,6-7,13,18H,5,16H2,1-2H3. The minimum Gasteiger partial charge on any atom is -0.273 e. The van der Waals surface area contributed by atoms with Gasteiger partial charge in [0.2, 0.25) is 0 Å². The fourth-order valence-corrected chi connectivity index (χ4v) is 2.08. The Hall–Kier alpha value is -1.79. The first-order valence-corrected chi connectivity index (χ1v) is 5.91. The lowest BCUT2D eigenvalue weighted by Crippen LogP contribution is -2.30. The summed E-state index contributed by atoms with van der Waals surface area (Å²) in [4.78, 5) is 0. The maximum atomic E-state index is 13.2. The molecule has 1 aromatic carbocycles. The number of nitrogens with zero attached hydrogens (tertiary/aromatic N) is 2. The molecule has 0 aliphatic rings. The van der Waals surface area contributed by atoms with Crippen molar-refractivity contribution in [3.05, 3.63) is 52.9 Å². The Labute approximate surface area is 110 Å². The predicted molar refractivity (Wildman–Crippen MR) is 68.1 cm³/mol. The van der Waals surface area contributed by atoms with Gasteiger partial charge >= 0.3 is 0 Å². The van der Waals surface area contributed by atoms with Crippen molar-refractivity contribution < 1.29 is 8.78 Å². The van der Waals surface area contributed by atoms with Crippen molar-refractivity contribution in [1.82, 2.24) is 15.2 Å². The quantitative estimate of drug-likeness (QED) is 0.655. The summed E-state index contributed by atoms with van der Waals surface area (Å²) < 4.78 is 28.0. The molecule has 102 valence electrons. The van der Waals surface area contributed by atoms with E-state index in [1.54, 1.807) is 10.9 Å². The molecule has 0 saturated heterocycles. The van der Waals surface area contributed by atoms with Gasteiger partial charge in [-0.2, -0.15) is 5.10 Å². The van der Waals surface area contributed by atoms with Crippen molar-refractivity contribution in [1.29, 1.82) is 0 Å². The molecule has 1 atom stereocenters. The zero-order valence-electron chi connectivity index (χ0n) is 10.8. The van der Waals surface area contributed by atoms with Gasteiger partial charge in [0.05, 0.1) is 12.2 Å². The summed E-state index contributed by atoms with van der Waals surface area (Å²) in [6.45, 7) is 1.92. The highest BCUT2D eigenvalue weighted by Crippen LogP contribution is 2.21. The van der Waals surface area contributed by atoms with Crippen molar-refractivity contribution in [2.75, 3.05) is 0 Å². The van der Waals surface area contributed by atoms with Crippen LogP contribution in [0.5, 0.6) is 0 Å². The van der Waals surface area contributed by atoms with Gasteiger partial charge in [0.15, 0.2) is 0 Å². The molecule has 6 heteroatoms. The van der Waals surface area contributed by atoms with E-state index in [0.29, 0.717) is 12.0 Å². The van der Waals surface area contributed by atoms with Gasteiger partial charge in [-0.1, -0.05) is 0 Å². The molecule has 1 unspecified atom stereocenters. The first-order valence-electron chi connectivity index (χ1n) is 5.91. The lowest BCUT2D eigenvalue weighted by atomic mass is 10.00. The maximum Gasteiger partial charge on any atom is 0.126 e. The molecule has 1 aromatic heterocycles. The molecule has 0 radical (unpaired) electrons. The van der Waals surface area contributed by atoms with Crippen molar-refractivity contribution in [2.45, 2.75) is 19.4 Å². The maximum absolute atomic E-state index is 13.2. The highest BCUT2D eigenvalue weighted by Gasteiger charge is 2.16. The number of nitrogens with two attached hydrogens (primary N) is 1. The van der Waals surface area contributed by atoms with E-state index in [1.165, 1.54) is 12.1 Å². The van der Waals surface area contributed by atoms with Gasteiger partial charge < -0.3 is 0 Å². The average molecular weight is 266 g/mol. The van der Waals surface area contributed by atoms with E-state index in [4.69, 9.17) is 5.84 Å². The molecule has 19 heavy (non-hydrogen) atoms. The summed E-state index contributed by atoms with van der Waals surface area (Å²) in [7, 11) is 1.83. The van der Waals surface area contributed by atoms with Crippen LogP contribution in [0.1, 0.15) is 22.9 Å². The molecule has 3 N–H and O–H groups in total. The number of hydrogen-bond donors (Lipinski definition) is 2. The molecule has 0 amide bonds. The largest absolute Gasteiger partial charge is 0.273 e. The van der Waals surface area contributed by atoms with E-state index in [2.05, 4.69) is 10.5 Å². The van der Waals surface area contributed by atoms with Gasteiger partial charge in [0.1, 0.15) is 11.6 Å². The van der Waals surface area contributed by atoms with E-state index < -0.39 is 11.6 Å². The molecule has 0 saturated carbocycles. The highest BCUT2D eigenvalue weighted by molar-refractivity contribution is 5.25. The minimum atomic E-state index is -0.589. The number of aryl methyl sites for hydroxylation is 1. The summed E-state index contributed by atoms with van der Waals surface area (Å²) in [5.41, 5.74) is 5.08. The molecule has 0 bridgehead atoms. The fraction of sp³-hybridized carbons (Fsp3) is 0.308. The van der Waals surface area contributed by atoms with Crippen molar-refractivity contribution in [3.63, 3.8) is 0 Å². The highest BCUT2D eigenvalue weighted by atomic mass is 19.1. The number of hydrazine groups is 1. The number of benzene rings is 1. The van der Waals surface area contributed by atoms with Crippen LogP contribution < -0.4 is 11.3 Å². The van der Waals surface area contributed by atoms with Crippen LogP contribution in [0.25, 0.3) is 0 Å². The van der Waals surface area contributed by atoms with Crippen LogP contribution in [-0.2, 0) is 13.5 Å². The summed E-state index contributed by atoms with van der Waals surface area (Å²) in [5, 5.41) is 4.13. The van der Waals surface area contributed by atoms with Crippen LogP contribution in [-0.4, -0.2) is 9.78 Å². The van der Waals surface area contributed by atoms with E-state index in [-0.39, 0.29) is 6.04 Å². The van der Waals surface area contributed by atoms with Crippen molar-refractivity contribution in [3.8, 4) is 0 Å². The first-order chi connectivity index (χ1) is 9.01. The van der Waals surface area contributed by atoms with Gasteiger partial charge in [0, 0.05) is 24.4 Å². The van der Waals surface area contributed by atoms with Crippen LogP contribution in [0.4, 0.5) is 8.78 Å². The van der Waals surface area contributed by atoms with Gasteiger partial charge in [-0.3, -0.25) is 16.0 Å². The molecular formula is C13H16F2N4. The smallest absolute Gasteiger partial charge is 0.126 e. The number of nitrogens with one attached hydrogen (secondary N) is 1. The lowest BCUT2D eigenvalue weighted by Gasteiger charge is -2.16. The summed E-state index contributed by atoms with van der Waals surface area (Å²) in [6.07, 6.45) is 2.09. The topological polar surface area (TPSA) is 55.9 Å². The third-order valence-corrected chi connectivity index (χ3v) is 3.21. The van der Waals surface area contributed by atoms with Crippen LogP contribution >= 0.6 is 0 Å². The monoisotopic (exact) mass is 266 g/mol. The average Bonchev–Trinajstić information content (AvgIpc) is 2.66. The van der Waals surface area contributed by atoms with E-state index in [9.17, 15) is 8.78 Å². The predicted octanol–water partition coefficient (Wildman–Crippen LogP) is 1.75. The Balaban J connectivity index is 2.26.